The van der Waals surface area contributed by atoms with Crippen LogP contribution in [-0.2, 0) is 14.3 Å². The van der Waals surface area contributed by atoms with Gasteiger partial charge in [-0.2, -0.15) is 0 Å². The van der Waals surface area contributed by atoms with Gasteiger partial charge in [0, 0.05) is 12.1 Å². The summed E-state index contributed by atoms with van der Waals surface area (Å²) >= 11 is 0. The zero-order valence-corrected chi connectivity index (χ0v) is 13.8. The Morgan fingerprint density at radius 1 is 1.13 bits per heavy atom. The molecule has 126 valence electrons. The van der Waals surface area contributed by atoms with Crippen LogP contribution in [0.2, 0.25) is 0 Å². The Bertz CT molecular complexity index is 529. The molecular formula is C17H24N2O4. The van der Waals surface area contributed by atoms with Gasteiger partial charge >= 0.3 is 5.97 Å². The number of hydrogen-bond donors (Lipinski definition) is 2. The van der Waals surface area contributed by atoms with Crippen molar-refractivity contribution >= 4 is 17.8 Å². The molecule has 2 N–H and O–H groups in total. The molecule has 0 aliphatic carbocycles. The van der Waals surface area contributed by atoms with Gasteiger partial charge < -0.3 is 15.4 Å². The van der Waals surface area contributed by atoms with E-state index in [0.717, 1.165) is 6.42 Å². The SMILES string of the molecule is CCCNC(=O)COC(=O)[C@@H](NC(=O)c1ccccc1)C(C)C. The lowest BCUT2D eigenvalue weighted by Crippen LogP contribution is -2.46. The van der Waals surface area contributed by atoms with E-state index in [1.807, 2.05) is 6.92 Å². The maximum absolute atomic E-state index is 12.1. The van der Waals surface area contributed by atoms with Crippen molar-refractivity contribution < 1.29 is 19.1 Å². The molecule has 1 aromatic rings. The van der Waals surface area contributed by atoms with Crippen molar-refractivity contribution in [3.63, 3.8) is 0 Å². The summed E-state index contributed by atoms with van der Waals surface area (Å²) in [6, 6.07) is 7.82. The Morgan fingerprint density at radius 2 is 1.78 bits per heavy atom. The van der Waals surface area contributed by atoms with Crippen LogP contribution in [0.25, 0.3) is 0 Å². The molecule has 0 saturated heterocycles. The summed E-state index contributed by atoms with van der Waals surface area (Å²) in [5, 5.41) is 5.27. The zero-order chi connectivity index (χ0) is 17.2. The lowest BCUT2D eigenvalue weighted by Gasteiger charge is -2.20. The molecule has 23 heavy (non-hydrogen) atoms. The molecule has 0 bridgehead atoms. The van der Waals surface area contributed by atoms with Crippen molar-refractivity contribution in [1.29, 1.82) is 0 Å². The molecule has 0 radical (unpaired) electrons. The van der Waals surface area contributed by atoms with E-state index in [9.17, 15) is 14.4 Å². The highest BCUT2D eigenvalue weighted by Crippen LogP contribution is 2.07. The molecule has 0 aliphatic heterocycles. The Balaban J connectivity index is 2.58. The average molecular weight is 320 g/mol. The van der Waals surface area contributed by atoms with Crippen LogP contribution in [0.3, 0.4) is 0 Å². The predicted molar refractivity (Wildman–Crippen MR) is 86.8 cm³/mol. The molecule has 6 nitrogen and oxygen atoms in total. The van der Waals surface area contributed by atoms with Crippen molar-refractivity contribution in [3.8, 4) is 0 Å². The second kappa shape index (κ2) is 9.61. The van der Waals surface area contributed by atoms with Crippen molar-refractivity contribution in [2.45, 2.75) is 33.2 Å². The summed E-state index contributed by atoms with van der Waals surface area (Å²) in [5.41, 5.74) is 0.464. The summed E-state index contributed by atoms with van der Waals surface area (Å²) in [4.78, 5) is 35.7. The normalized spacial score (nSPS) is 11.7. The number of benzene rings is 1. The van der Waals surface area contributed by atoms with Gasteiger partial charge in [0.1, 0.15) is 6.04 Å². The van der Waals surface area contributed by atoms with Crippen LogP contribution in [0.5, 0.6) is 0 Å². The van der Waals surface area contributed by atoms with Gasteiger partial charge in [-0.1, -0.05) is 39.0 Å². The summed E-state index contributed by atoms with van der Waals surface area (Å²) in [6.07, 6.45) is 0.807. The van der Waals surface area contributed by atoms with Crippen molar-refractivity contribution in [2.75, 3.05) is 13.2 Å². The first-order valence-electron chi connectivity index (χ1n) is 7.75. The monoisotopic (exact) mass is 320 g/mol. The molecule has 0 unspecified atom stereocenters. The first kappa shape index (κ1) is 18.7. The third-order valence-corrected chi connectivity index (χ3v) is 3.16. The van der Waals surface area contributed by atoms with Crippen LogP contribution in [-0.4, -0.2) is 37.0 Å². The van der Waals surface area contributed by atoms with Gasteiger partial charge in [-0.25, -0.2) is 4.79 Å². The van der Waals surface area contributed by atoms with Crippen LogP contribution < -0.4 is 10.6 Å². The third kappa shape index (κ3) is 6.50. The molecular weight excluding hydrogens is 296 g/mol. The van der Waals surface area contributed by atoms with Crippen molar-refractivity contribution in [3.05, 3.63) is 35.9 Å². The first-order valence-corrected chi connectivity index (χ1v) is 7.75. The summed E-state index contributed by atoms with van der Waals surface area (Å²) in [6.45, 7) is 5.72. The van der Waals surface area contributed by atoms with E-state index in [1.165, 1.54) is 0 Å². The lowest BCUT2D eigenvalue weighted by atomic mass is 10.0. The summed E-state index contributed by atoms with van der Waals surface area (Å²) in [5.74, 6) is -1.47. The van der Waals surface area contributed by atoms with Crippen LogP contribution >= 0.6 is 0 Å². The number of esters is 1. The first-order chi connectivity index (χ1) is 11.0. The van der Waals surface area contributed by atoms with Gasteiger partial charge in [0.2, 0.25) is 0 Å². The van der Waals surface area contributed by atoms with E-state index in [0.29, 0.717) is 12.1 Å². The molecule has 0 heterocycles. The largest absolute Gasteiger partial charge is 0.454 e. The van der Waals surface area contributed by atoms with Crippen LogP contribution in [0.15, 0.2) is 30.3 Å². The van der Waals surface area contributed by atoms with Crippen LogP contribution in [0.1, 0.15) is 37.6 Å². The molecule has 6 heteroatoms. The second-order valence-electron chi connectivity index (χ2n) is 5.52. The number of rotatable bonds is 8. The Labute approximate surface area is 136 Å². The summed E-state index contributed by atoms with van der Waals surface area (Å²) in [7, 11) is 0. The Morgan fingerprint density at radius 3 is 2.35 bits per heavy atom. The highest BCUT2D eigenvalue weighted by Gasteiger charge is 2.26. The molecule has 1 aromatic carbocycles. The van der Waals surface area contributed by atoms with E-state index >= 15 is 0 Å². The molecule has 0 saturated carbocycles. The van der Waals surface area contributed by atoms with Gasteiger partial charge in [-0.05, 0) is 24.5 Å². The highest BCUT2D eigenvalue weighted by molar-refractivity contribution is 5.97. The van der Waals surface area contributed by atoms with E-state index in [4.69, 9.17) is 4.74 Å². The van der Waals surface area contributed by atoms with Crippen LogP contribution in [0, 0.1) is 5.92 Å². The topological polar surface area (TPSA) is 84.5 Å². The number of nitrogens with one attached hydrogen (secondary N) is 2. The van der Waals surface area contributed by atoms with Gasteiger partial charge in [0.05, 0.1) is 0 Å². The van der Waals surface area contributed by atoms with Gasteiger partial charge in [-0.15, -0.1) is 0 Å². The molecule has 0 aliphatic rings. The number of carbonyl (C=O) groups excluding carboxylic acids is 3. The van der Waals surface area contributed by atoms with Crippen LogP contribution in [0.4, 0.5) is 0 Å². The van der Waals surface area contributed by atoms with Gasteiger partial charge in [-0.3, -0.25) is 9.59 Å². The Kier molecular flexibility index (Phi) is 7.80. The minimum Gasteiger partial charge on any atom is -0.454 e. The quantitative estimate of drug-likeness (QED) is 0.711. The van der Waals surface area contributed by atoms with E-state index in [1.54, 1.807) is 44.2 Å². The van der Waals surface area contributed by atoms with Crippen molar-refractivity contribution in [2.24, 2.45) is 5.92 Å². The number of hydrogen-bond acceptors (Lipinski definition) is 4. The predicted octanol–water partition coefficient (Wildman–Crippen LogP) is 1.51. The standard InChI is InChI=1S/C17H24N2O4/c1-4-10-18-14(20)11-23-17(22)15(12(2)3)19-16(21)13-8-6-5-7-9-13/h5-9,12,15H,4,10-11H2,1-3H3,(H,18,20)(H,19,21)/t15-/m0/s1. The van der Waals surface area contributed by atoms with E-state index in [2.05, 4.69) is 10.6 Å². The number of amides is 2. The molecule has 1 atom stereocenters. The second-order valence-corrected chi connectivity index (χ2v) is 5.52. The molecule has 0 aromatic heterocycles. The molecule has 1 rings (SSSR count). The fourth-order valence-electron chi connectivity index (χ4n) is 1.85. The smallest absolute Gasteiger partial charge is 0.329 e. The van der Waals surface area contributed by atoms with E-state index < -0.39 is 12.0 Å². The summed E-state index contributed by atoms with van der Waals surface area (Å²) < 4.78 is 5.00. The number of ether oxygens (including phenoxy) is 1. The zero-order valence-electron chi connectivity index (χ0n) is 13.8. The molecule has 0 spiro atoms. The van der Waals surface area contributed by atoms with Gasteiger partial charge in [0.25, 0.3) is 11.8 Å². The molecule has 0 fully saturated rings. The van der Waals surface area contributed by atoms with Gasteiger partial charge in [0.15, 0.2) is 6.61 Å². The minimum absolute atomic E-state index is 0.158. The fourth-order valence-corrected chi connectivity index (χ4v) is 1.85. The maximum atomic E-state index is 12.1. The third-order valence-electron chi connectivity index (χ3n) is 3.16. The fraction of sp³-hybridized carbons (Fsp3) is 0.471. The molecule has 2 amide bonds. The number of carbonyl (C=O) groups is 3. The minimum atomic E-state index is -0.804. The van der Waals surface area contributed by atoms with E-state index in [-0.39, 0.29) is 24.3 Å². The maximum Gasteiger partial charge on any atom is 0.329 e. The lowest BCUT2D eigenvalue weighted by molar-refractivity contribution is -0.151. The highest BCUT2D eigenvalue weighted by atomic mass is 16.5. The van der Waals surface area contributed by atoms with Crippen molar-refractivity contribution in [1.82, 2.24) is 10.6 Å². The Hall–Kier alpha value is -2.37. The average Bonchev–Trinajstić information content (AvgIpc) is 2.55.